The van der Waals surface area contributed by atoms with Crippen LogP contribution in [0.4, 0.5) is 0 Å². The lowest BCUT2D eigenvalue weighted by atomic mass is 10.0. The molecule has 0 aliphatic rings. The molecular weight excluding hydrogens is 320 g/mol. The van der Waals surface area contributed by atoms with Crippen molar-refractivity contribution in [2.45, 2.75) is 11.9 Å². The molecule has 0 atom stereocenters. The van der Waals surface area contributed by atoms with Crippen LogP contribution in [0.5, 0.6) is 5.75 Å². The Labute approximate surface area is 125 Å². The summed E-state index contributed by atoms with van der Waals surface area (Å²) in [6.07, 6.45) is 0. The van der Waals surface area contributed by atoms with Crippen LogP contribution in [-0.4, -0.2) is 0 Å². The van der Waals surface area contributed by atoms with Crippen LogP contribution in [0.1, 0.15) is 11.1 Å². The van der Waals surface area contributed by atoms with Gasteiger partial charge in [0.05, 0.1) is 0 Å². The summed E-state index contributed by atoms with van der Waals surface area (Å²) < 4.78 is 5.96. The van der Waals surface area contributed by atoms with Crippen molar-refractivity contribution in [3.63, 3.8) is 0 Å². The van der Waals surface area contributed by atoms with Gasteiger partial charge >= 0.3 is 0 Å². The molecule has 3 aromatic rings. The Bertz CT molecular complexity index is 676. The molecule has 1 aromatic heterocycles. The molecule has 1 nitrogen and oxygen atoms in total. The molecule has 0 aliphatic carbocycles. The first-order chi connectivity index (χ1) is 9.38. The van der Waals surface area contributed by atoms with Crippen LogP contribution in [0.2, 0.25) is 0 Å². The summed E-state index contributed by atoms with van der Waals surface area (Å²) in [4.78, 5) is 0. The summed E-state index contributed by atoms with van der Waals surface area (Å²) in [5, 5.41) is 7.49. The van der Waals surface area contributed by atoms with E-state index < -0.39 is 0 Å². The Kier molecular flexibility index (Phi) is 3.85. The van der Waals surface area contributed by atoms with Crippen LogP contribution in [0.15, 0.2) is 53.2 Å². The molecule has 19 heavy (non-hydrogen) atoms. The summed E-state index contributed by atoms with van der Waals surface area (Å²) in [5.74, 6) is 0.960. The maximum atomic E-state index is 5.96. The molecule has 0 saturated carbocycles. The molecule has 96 valence electrons. The van der Waals surface area contributed by atoms with E-state index in [1.54, 1.807) is 11.3 Å². The summed E-state index contributed by atoms with van der Waals surface area (Å²) >= 11 is 5.27. The van der Waals surface area contributed by atoms with E-state index in [4.69, 9.17) is 4.74 Å². The third kappa shape index (κ3) is 2.67. The van der Waals surface area contributed by atoms with Gasteiger partial charge in [0.2, 0.25) is 0 Å². The first-order valence-corrected chi connectivity index (χ1v) is 8.15. The summed E-state index contributed by atoms with van der Waals surface area (Å²) in [7, 11) is 0. The van der Waals surface area contributed by atoms with Crippen molar-refractivity contribution in [3.05, 3.63) is 64.4 Å². The highest BCUT2D eigenvalue weighted by molar-refractivity contribution is 9.08. The molecule has 2 aromatic carbocycles. The quantitative estimate of drug-likeness (QED) is 0.583. The lowest BCUT2D eigenvalue weighted by molar-refractivity contribution is 0.305. The molecule has 0 amide bonds. The Hall–Kier alpha value is -1.32. The minimum Gasteiger partial charge on any atom is -0.489 e. The average Bonchev–Trinajstić information content (AvgIpc) is 2.97. The fraction of sp³-hybridized carbons (Fsp3) is 0.125. The fourth-order valence-electron chi connectivity index (χ4n) is 2.12. The number of hydrogen-bond donors (Lipinski definition) is 0. The van der Waals surface area contributed by atoms with Gasteiger partial charge in [0.25, 0.3) is 0 Å². The van der Waals surface area contributed by atoms with Crippen molar-refractivity contribution in [1.29, 1.82) is 0 Å². The Morgan fingerprint density at radius 3 is 2.74 bits per heavy atom. The minimum absolute atomic E-state index is 0.627. The van der Waals surface area contributed by atoms with Crippen molar-refractivity contribution in [2.24, 2.45) is 0 Å². The van der Waals surface area contributed by atoms with Gasteiger partial charge in [0.1, 0.15) is 12.4 Å². The van der Waals surface area contributed by atoms with Crippen LogP contribution in [0.3, 0.4) is 0 Å². The maximum absolute atomic E-state index is 5.96. The molecule has 0 unspecified atom stereocenters. The number of halogens is 1. The lowest BCUT2D eigenvalue weighted by Crippen LogP contribution is -1.97. The zero-order valence-electron chi connectivity index (χ0n) is 10.3. The number of hydrogen-bond acceptors (Lipinski definition) is 2. The molecule has 1 heterocycles. The maximum Gasteiger partial charge on any atom is 0.124 e. The van der Waals surface area contributed by atoms with Crippen LogP contribution >= 0.6 is 27.3 Å². The summed E-state index contributed by atoms with van der Waals surface area (Å²) in [6, 6.07) is 14.7. The molecule has 3 heteroatoms. The summed E-state index contributed by atoms with van der Waals surface area (Å²) in [6.45, 7) is 0.627. The number of fused-ring (bicyclic) bond motifs is 1. The van der Waals surface area contributed by atoms with Gasteiger partial charge in [-0.25, -0.2) is 0 Å². The number of rotatable bonds is 4. The highest BCUT2D eigenvalue weighted by Gasteiger charge is 2.07. The third-order valence-corrected chi connectivity index (χ3v) is 4.40. The molecule has 0 radical (unpaired) electrons. The van der Waals surface area contributed by atoms with Gasteiger partial charge in [-0.2, -0.15) is 11.3 Å². The van der Waals surface area contributed by atoms with Gasteiger partial charge in [-0.15, -0.1) is 0 Å². The van der Waals surface area contributed by atoms with Crippen molar-refractivity contribution < 1.29 is 4.74 Å². The monoisotopic (exact) mass is 332 g/mol. The van der Waals surface area contributed by atoms with E-state index >= 15 is 0 Å². The van der Waals surface area contributed by atoms with Crippen LogP contribution in [-0.2, 0) is 11.9 Å². The van der Waals surface area contributed by atoms with Crippen molar-refractivity contribution in [2.75, 3.05) is 0 Å². The SMILES string of the molecule is BrCc1c(OCc2ccsc2)ccc2ccccc12. The molecule has 0 fully saturated rings. The van der Waals surface area contributed by atoms with Crippen LogP contribution in [0, 0.1) is 0 Å². The van der Waals surface area contributed by atoms with Crippen molar-refractivity contribution in [1.82, 2.24) is 0 Å². The predicted molar refractivity (Wildman–Crippen MR) is 85.2 cm³/mol. The van der Waals surface area contributed by atoms with E-state index in [1.165, 1.54) is 21.9 Å². The van der Waals surface area contributed by atoms with Gasteiger partial charge in [0, 0.05) is 10.9 Å². The van der Waals surface area contributed by atoms with E-state index in [-0.39, 0.29) is 0 Å². The normalized spacial score (nSPS) is 10.8. The smallest absolute Gasteiger partial charge is 0.124 e. The van der Waals surface area contributed by atoms with E-state index in [0.717, 1.165) is 11.1 Å². The van der Waals surface area contributed by atoms with Crippen LogP contribution in [0.25, 0.3) is 10.8 Å². The Balaban J connectivity index is 1.94. The molecule has 0 spiro atoms. The van der Waals surface area contributed by atoms with E-state index in [9.17, 15) is 0 Å². The number of benzene rings is 2. The number of ether oxygens (including phenoxy) is 1. The molecular formula is C16H13BrOS. The molecule has 0 N–H and O–H groups in total. The van der Waals surface area contributed by atoms with Crippen LogP contribution < -0.4 is 4.74 Å². The second-order valence-electron chi connectivity index (χ2n) is 4.32. The van der Waals surface area contributed by atoms with E-state index in [0.29, 0.717) is 6.61 Å². The molecule has 3 rings (SSSR count). The number of thiophene rings is 1. The second-order valence-corrected chi connectivity index (χ2v) is 5.66. The Morgan fingerprint density at radius 2 is 1.95 bits per heavy atom. The van der Waals surface area contributed by atoms with E-state index in [2.05, 4.69) is 69.2 Å². The average molecular weight is 333 g/mol. The van der Waals surface area contributed by atoms with Crippen molar-refractivity contribution >= 4 is 38.0 Å². The topological polar surface area (TPSA) is 9.23 Å². The highest BCUT2D eigenvalue weighted by Crippen LogP contribution is 2.30. The second kappa shape index (κ2) is 5.76. The predicted octanol–water partition coefficient (Wildman–Crippen LogP) is 5.38. The van der Waals surface area contributed by atoms with E-state index in [1.807, 2.05) is 0 Å². The van der Waals surface area contributed by atoms with Crippen molar-refractivity contribution in [3.8, 4) is 5.75 Å². The van der Waals surface area contributed by atoms with Gasteiger partial charge < -0.3 is 4.74 Å². The molecule has 0 bridgehead atoms. The first-order valence-electron chi connectivity index (χ1n) is 6.09. The standard InChI is InChI=1S/C16H13BrOS/c17-9-15-14-4-2-1-3-13(14)5-6-16(15)18-10-12-7-8-19-11-12/h1-8,11H,9-10H2. The fourth-order valence-corrected chi connectivity index (χ4v) is 3.36. The lowest BCUT2D eigenvalue weighted by Gasteiger charge is -2.12. The van der Waals surface area contributed by atoms with Gasteiger partial charge in [0.15, 0.2) is 0 Å². The molecule has 0 saturated heterocycles. The zero-order valence-corrected chi connectivity index (χ0v) is 12.7. The molecule has 0 aliphatic heterocycles. The number of alkyl halides is 1. The first kappa shape index (κ1) is 12.7. The largest absolute Gasteiger partial charge is 0.489 e. The summed E-state index contributed by atoms with van der Waals surface area (Å²) in [5.41, 5.74) is 2.44. The van der Waals surface area contributed by atoms with Gasteiger partial charge in [-0.05, 0) is 39.2 Å². The van der Waals surface area contributed by atoms with Gasteiger partial charge in [-0.3, -0.25) is 0 Å². The highest BCUT2D eigenvalue weighted by atomic mass is 79.9. The zero-order chi connectivity index (χ0) is 13.1. The Morgan fingerprint density at radius 1 is 1.05 bits per heavy atom. The van der Waals surface area contributed by atoms with Gasteiger partial charge in [-0.1, -0.05) is 46.3 Å². The third-order valence-electron chi connectivity index (χ3n) is 3.11. The minimum atomic E-state index is 0.627.